The zero-order valence-corrected chi connectivity index (χ0v) is 13.5. The molecular weight excluding hydrogens is 297 g/mol. The van der Waals surface area contributed by atoms with Crippen LogP contribution in [-0.4, -0.2) is 36.5 Å². The molecule has 0 aromatic carbocycles. The third kappa shape index (κ3) is 6.25. The molecule has 0 saturated heterocycles. The Kier molecular flexibility index (Phi) is 6.28. The number of amides is 1. The topological polar surface area (TPSA) is 50.4 Å². The number of alkyl halides is 3. The van der Waals surface area contributed by atoms with Gasteiger partial charge in [0.1, 0.15) is 5.60 Å². The Morgan fingerprint density at radius 3 is 2.45 bits per heavy atom. The van der Waals surface area contributed by atoms with Crippen LogP contribution in [0.1, 0.15) is 47.0 Å². The highest BCUT2D eigenvalue weighted by Gasteiger charge is 2.39. The van der Waals surface area contributed by atoms with Crippen LogP contribution in [-0.2, 0) is 4.74 Å². The first-order chi connectivity index (χ1) is 10.0. The molecule has 0 saturated carbocycles. The van der Waals surface area contributed by atoms with Crippen molar-refractivity contribution in [3.63, 3.8) is 0 Å². The molecule has 0 spiro atoms. The highest BCUT2D eigenvalue weighted by Crippen LogP contribution is 2.33. The maximum atomic E-state index is 12.8. The molecule has 0 bridgehead atoms. The van der Waals surface area contributed by atoms with Crippen molar-refractivity contribution in [3.8, 4) is 0 Å². The molecule has 2 N–H and O–H groups in total. The van der Waals surface area contributed by atoms with Gasteiger partial charge < -0.3 is 15.4 Å². The minimum atomic E-state index is -4.32. The predicted octanol–water partition coefficient (Wildman–Crippen LogP) is 3.53. The number of nitrogens with one attached hydrogen (secondary N) is 2. The highest BCUT2D eigenvalue weighted by atomic mass is 19.4. The molecule has 0 aromatic rings. The number of halogens is 3. The van der Waals surface area contributed by atoms with Gasteiger partial charge in [-0.25, -0.2) is 4.79 Å². The monoisotopic (exact) mass is 322 g/mol. The van der Waals surface area contributed by atoms with Crippen molar-refractivity contribution >= 4 is 6.09 Å². The molecule has 4 nitrogen and oxygen atoms in total. The van der Waals surface area contributed by atoms with Gasteiger partial charge in [-0.05, 0) is 46.6 Å². The van der Waals surface area contributed by atoms with E-state index in [2.05, 4.69) is 10.6 Å². The molecule has 7 heteroatoms. The molecule has 1 amide bonds. The van der Waals surface area contributed by atoms with E-state index in [4.69, 9.17) is 4.74 Å². The maximum absolute atomic E-state index is 12.8. The third-order valence-corrected chi connectivity index (χ3v) is 3.27. The van der Waals surface area contributed by atoms with Crippen LogP contribution in [0.2, 0.25) is 0 Å². The summed E-state index contributed by atoms with van der Waals surface area (Å²) in [5.41, 5.74) is -1.18. The lowest BCUT2D eigenvalue weighted by atomic mass is 9.89. The smallest absolute Gasteiger partial charge is 0.412 e. The zero-order valence-electron chi connectivity index (χ0n) is 13.5. The van der Waals surface area contributed by atoms with Gasteiger partial charge in [-0.1, -0.05) is 13.0 Å². The number of hydrogen-bond donors (Lipinski definition) is 2. The van der Waals surface area contributed by atoms with E-state index in [0.29, 0.717) is 6.54 Å². The number of carbonyl (C=O) groups is 1. The molecule has 1 aliphatic carbocycles. The van der Waals surface area contributed by atoms with E-state index in [9.17, 15) is 18.0 Å². The minimum absolute atomic E-state index is 0.134. The van der Waals surface area contributed by atoms with Gasteiger partial charge in [-0.15, -0.1) is 0 Å². The second-order valence-electron chi connectivity index (χ2n) is 6.48. The molecule has 2 atom stereocenters. The summed E-state index contributed by atoms with van der Waals surface area (Å²) in [5.74, 6) is 0. The standard InChI is InChI=1S/C15H25F3N2O2/c1-5-8-19-12-9-10(15(16,17)18)6-7-11(12)20-13(21)22-14(2,3)4/h6,11-12,19H,5,7-9H2,1-4H3,(H,20,21)/t11-,12-/m0/s1. The molecule has 1 aliphatic rings. The summed E-state index contributed by atoms with van der Waals surface area (Å²) in [6.45, 7) is 7.75. The van der Waals surface area contributed by atoms with Crippen LogP contribution in [0, 0.1) is 0 Å². The first-order valence-electron chi connectivity index (χ1n) is 7.52. The second kappa shape index (κ2) is 7.35. The minimum Gasteiger partial charge on any atom is -0.444 e. The largest absolute Gasteiger partial charge is 0.444 e. The molecular formula is C15H25F3N2O2. The second-order valence-corrected chi connectivity index (χ2v) is 6.48. The number of ether oxygens (including phenoxy) is 1. The molecule has 0 fully saturated rings. The summed E-state index contributed by atoms with van der Waals surface area (Å²) >= 11 is 0. The van der Waals surface area contributed by atoms with Crippen molar-refractivity contribution in [3.05, 3.63) is 11.6 Å². The predicted molar refractivity (Wildman–Crippen MR) is 78.6 cm³/mol. The molecule has 0 aliphatic heterocycles. The Labute approximate surface area is 129 Å². The lowest BCUT2D eigenvalue weighted by Gasteiger charge is -2.33. The molecule has 0 heterocycles. The maximum Gasteiger partial charge on any atom is 0.412 e. The van der Waals surface area contributed by atoms with Gasteiger partial charge >= 0.3 is 12.3 Å². The lowest BCUT2D eigenvalue weighted by molar-refractivity contribution is -0.0961. The van der Waals surface area contributed by atoms with Gasteiger partial charge in [0.25, 0.3) is 0 Å². The molecule has 0 radical (unpaired) electrons. The number of alkyl carbamates (subject to hydrolysis) is 1. The normalized spacial score (nSPS) is 23.0. The quantitative estimate of drug-likeness (QED) is 0.779. The first kappa shape index (κ1) is 18.8. The number of carbonyl (C=O) groups excluding carboxylic acids is 1. The van der Waals surface area contributed by atoms with Crippen molar-refractivity contribution in [2.24, 2.45) is 0 Å². The molecule has 1 rings (SSSR count). The van der Waals surface area contributed by atoms with E-state index in [0.717, 1.165) is 12.5 Å². The number of rotatable bonds is 4. The Morgan fingerprint density at radius 1 is 1.32 bits per heavy atom. The summed E-state index contributed by atoms with van der Waals surface area (Å²) < 4.78 is 43.7. The van der Waals surface area contributed by atoms with Crippen molar-refractivity contribution in [1.82, 2.24) is 10.6 Å². The van der Waals surface area contributed by atoms with Crippen molar-refractivity contribution in [1.29, 1.82) is 0 Å². The summed E-state index contributed by atoms with van der Waals surface area (Å²) in [7, 11) is 0. The fourth-order valence-electron chi connectivity index (χ4n) is 2.29. The van der Waals surface area contributed by atoms with E-state index in [-0.39, 0.29) is 12.8 Å². The number of hydrogen-bond acceptors (Lipinski definition) is 3. The highest BCUT2D eigenvalue weighted by molar-refractivity contribution is 5.68. The van der Waals surface area contributed by atoms with Crippen LogP contribution in [0.5, 0.6) is 0 Å². The average Bonchev–Trinajstić information content (AvgIpc) is 2.33. The summed E-state index contributed by atoms with van der Waals surface area (Å²) in [6.07, 6.45) is -2.97. The molecule has 22 heavy (non-hydrogen) atoms. The van der Waals surface area contributed by atoms with Gasteiger partial charge in [0.15, 0.2) is 0 Å². The zero-order chi connectivity index (χ0) is 17.0. The summed E-state index contributed by atoms with van der Waals surface area (Å²) in [6, 6.07) is -0.860. The Morgan fingerprint density at radius 2 is 1.95 bits per heavy atom. The van der Waals surface area contributed by atoms with E-state index in [1.807, 2.05) is 6.92 Å². The van der Waals surface area contributed by atoms with Crippen molar-refractivity contribution in [2.75, 3.05) is 6.54 Å². The molecule has 128 valence electrons. The van der Waals surface area contributed by atoms with Gasteiger partial charge in [-0.3, -0.25) is 0 Å². The first-order valence-corrected chi connectivity index (χ1v) is 7.52. The lowest BCUT2D eigenvalue weighted by Crippen LogP contribution is -2.53. The van der Waals surface area contributed by atoms with Crippen LogP contribution in [0.25, 0.3) is 0 Å². The molecule has 0 unspecified atom stereocenters. The third-order valence-electron chi connectivity index (χ3n) is 3.27. The van der Waals surface area contributed by atoms with Crippen LogP contribution in [0.3, 0.4) is 0 Å². The van der Waals surface area contributed by atoms with E-state index < -0.39 is 35.5 Å². The van der Waals surface area contributed by atoms with Gasteiger partial charge in [-0.2, -0.15) is 13.2 Å². The van der Waals surface area contributed by atoms with Crippen molar-refractivity contribution in [2.45, 2.75) is 70.8 Å². The van der Waals surface area contributed by atoms with Gasteiger partial charge in [0, 0.05) is 11.6 Å². The van der Waals surface area contributed by atoms with Gasteiger partial charge in [0.2, 0.25) is 0 Å². The molecule has 0 aromatic heterocycles. The van der Waals surface area contributed by atoms with E-state index in [1.54, 1.807) is 20.8 Å². The average molecular weight is 322 g/mol. The Balaban J connectivity index is 2.74. The summed E-state index contributed by atoms with van der Waals surface area (Å²) in [5, 5.41) is 5.75. The fraction of sp³-hybridized carbons (Fsp3) is 0.800. The SMILES string of the molecule is CCCN[C@H]1CC(C(F)(F)F)=CC[C@@H]1NC(=O)OC(C)(C)C. The Bertz CT molecular complexity index is 414. The van der Waals surface area contributed by atoms with Crippen molar-refractivity contribution < 1.29 is 22.7 Å². The fourth-order valence-corrected chi connectivity index (χ4v) is 2.29. The van der Waals surface area contributed by atoms with Gasteiger partial charge in [0.05, 0.1) is 6.04 Å². The van der Waals surface area contributed by atoms with E-state index >= 15 is 0 Å². The summed E-state index contributed by atoms with van der Waals surface area (Å²) in [4.78, 5) is 11.8. The Hall–Kier alpha value is -1.24. The van der Waals surface area contributed by atoms with Crippen LogP contribution in [0.15, 0.2) is 11.6 Å². The van der Waals surface area contributed by atoms with E-state index in [1.165, 1.54) is 0 Å². The van der Waals surface area contributed by atoms with Crippen LogP contribution < -0.4 is 10.6 Å². The van der Waals surface area contributed by atoms with Crippen LogP contribution >= 0.6 is 0 Å². The van der Waals surface area contributed by atoms with Crippen LogP contribution in [0.4, 0.5) is 18.0 Å².